The fourth-order valence-electron chi connectivity index (χ4n) is 4.10. The van der Waals surface area contributed by atoms with Crippen LogP contribution in [0.4, 0.5) is 0 Å². The van der Waals surface area contributed by atoms with E-state index in [-0.39, 0.29) is 0 Å². The Labute approximate surface area is 198 Å². The summed E-state index contributed by atoms with van der Waals surface area (Å²) in [5.74, 6) is -2.00. The second-order valence-electron chi connectivity index (χ2n) is 7.95. The average Bonchev–Trinajstić information content (AvgIpc) is 2.85. The number of nitrogens with zero attached hydrogens (tertiary/aromatic N) is 2. The van der Waals surface area contributed by atoms with Gasteiger partial charge in [0.25, 0.3) is 0 Å². The molecule has 3 aromatic carbocycles. The normalized spacial score (nSPS) is 14.2. The molecule has 8 heteroatoms. The summed E-state index contributed by atoms with van der Waals surface area (Å²) in [7, 11) is 3.40. The summed E-state index contributed by atoms with van der Waals surface area (Å²) in [6.45, 7) is 6.18. The smallest absolute Gasteiger partial charge is 0.414 e. The molecule has 2 N–H and O–H groups in total. The van der Waals surface area contributed by atoms with Crippen molar-refractivity contribution in [1.82, 2.24) is 9.80 Å². The van der Waals surface area contributed by atoms with Gasteiger partial charge in [-0.1, -0.05) is 54.6 Å². The van der Waals surface area contributed by atoms with Crippen LogP contribution >= 0.6 is 0 Å². The lowest BCUT2D eigenvalue weighted by atomic mass is 10.0. The summed E-state index contributed by atoms with van der Waals surface area (Å²) in [6.07, 6.45) is 0. The Balaban J connectivity index is 0.000000481. The predicted octanol–water partition coefficient (Wildman–Crippen LogP) is 3.33. The molecule has 0 bridgehead atoms. The first-order valence-electron chi connectivity index (χ1n) is 11.0. The lowest BCUT2D eigenvalue weighted by molar-refractivity contribution is -0.159. The Hall–Kier alpha value is -3.62. The van der Waals surface area contributed by atoms with Crippen molar-refractivity contribution in [3.63, 3.8) is 0 Å². The topological polar surface area (TPSA) is 99.5 Å². The molecule has 0 amide bonds. The number of hydrogen-bond acceptors (Lipinski definition) is 6. The SMILES string of the molecule is COc1cccc(CN2CCN(Cc3cccc4ccccc34)CC2)c1OC.O=C(O)C(=O)O. The average molecular weight is 467 g/mol. The van der Waals surface area contributed by atoms with Gasteiger partial charge in [-0.3, -0.25) is 9.80 Å². The predicted molar refractivity (Wildman–Crippen MR) is 129 cm³/mol. The van der Waals surface area contributed by atoms with E-state index in [4.69, 9.17) is 29.3 Å². The van der Waals surface area contributed by atoms with Crippen molar-refractivity contribution in [3.05, 3.63) is 71.8 Å². The molecule has 1 aliphatic rings. The van der Waals surface area contributed by atoms with E-state index in [1.165, 1.54) is 21.9 Å². The summed E-state index contributed by atoms with van der Waals surface area (Å²) in [6, 6.07) is 21.4. The Bertz CT molecular complexity index is 1110. The van der Waals surface area contributed by atoms with Crippen LogP contribution in [0.2, 0.25) is 0 Å². The number of methoxy groups -OCH3 is 2. The third-order valence-electron chi connectivity index (χ3n) is 5.80. The number of piperazine rings is 1. The summed E-state index contributed by atoms with van der Waals surface area (Å²) < 4.78 is 11.0. The van der Waals surface area contributed by atoms with Gasteiger partial charge < -0.3 is 19.7 Å². The zero-order valence-electron chi connectivity index (χ0n) is 19.4. The number of rotatable bonds is 6. The van der Waals surface area contributed by atoms with Crippen molar-refractivity contribution in [1.29, 1.82) is 0 Å². The van der Waals surface area contributed by atoms with Crippen LogP contribution < -0.4 is 9.47 Å². The molecule has 0 aliphatic carbocycles. The molecule has 1 aliphatic heterocycles. The van der Waals surface area contributed by atoms with E-state index < -0.39 is 11.9 Å². The number of carboxylic acid groups (broad SMARTS) is 2. The van der Waals surface area contributed by atoms with Crippen LogP contribution in [0, 0.1) is 0 Å². The summed E-state index contributed by atoms with van der Waals surface area (Å²) in [5.41, 5.74) is 2.60. The maximum atomic E-state index is 9.10. The number of carboxylic acids is 2. The minimum Gasteiger partial charge on any atom is -0.493 e. The first kappa shape index (κ1) is 25.0. The molecule has 0 aromatic heterocycles. The van der Waals surface area contributed by atoms with Gasteiger partial charge in [0.05, 0.1) is 14.2 Å². The van der Waals surface area contributed by atoms with Crippen LogP contribution in [0.25, 0.3) is 10.8 Å². The molecule has 34 heavy (non-hydrogen) atoms. The molecule has 4 rings (SSSR count). The van der Waals surface area contributed by atoms with Gasteiger partial charge in [0, 0.05) is 44.8 Å². The first-order chi connectivity index (χ1) is 16.4. The van der Waals surface area contributed by atoms with Crippen molar-refractivity contribution >= 4 is 22.7 Å². The molecular weight excluding hydrogens is 436 g/mol. The highest BCUT2D eigenvalue weighted by atomic mass is 16.5. The second-order valence-corrected chi connectivity index (χ2v) is 7.95. The molecule has 0 radical (unpaired) electrons. The minimum atomic E-state index is -1.82. The number of para-hydroxylation sites is 1. The molecule has 8 nitrogen and oxygen atoms in total. The summed E-state index contributed by atoms with van der Waals surface area (Å²) in [4.78, 5) is 23.3. The van der Waals surface area contributed by atoms with Crippen LogP contribution in [0.3, 0.4) is 0 Å². The number of benzene rings is 3. The van der Waals surface area contributed by atoms with E-state index in [1.54, 1.807) is 14.2 Å². The van der Waals surface area contributed by atoms with Gasteiger partial charge in [-0.15, -0.1) is 0 Å². The van der Waals surface area contributed by atoms with Crippen LogP contribution in [0.5, 0.6) is 11.5 Å². The Kier molecular flexibility index (Phi) is 8.84. The monoisotopic (exact) mass is 466 g/mol. The Morgan fingerprint density at radius 3 is 1.85 bits per heavy atom. The van der Waals surface area contributed by atoms with Gasteiger partial charge in [0.1, 0.15) is 0 Å². The highest BCUT2D eigenvalue weighted by Gasteiger charge is 2.20. The van der Waals surface area contributed by atoms with Gasteiger partial charge in [-0.25, -0.2) is 9.59 Å². The highest BCUT2D eigenvalue weighted by Crippen LogP contribution is 2.31. The van der Waals surface area contributed by atoms with E-state index in [0.29, 0.717) is 0 Å². The number of fused-ring (bicyclic) bond motifs is 1. The third kappa shape index (κ3) is 6.46. The van der Waals surface area contributed by atoms with Crippen LogP contribution in [-0.2, 0) is 22.7 Å². The van der Waals surface area contributed by atoms with Crippen molar-refractivity contribution in [2.24, 2.45) is 0 Å². The lowest BCUT2D eigenvalue weighted by Crippen LogP contribution is -2.45. The number of carbonyl (C=O) groups is 2. The molecule has 1 saturated heterocycles. The standard InChI is InChI=1S/C24H28N2O2.C2H2O4/c1-27-23-12-6-10-21(24(23)28-2)18-26-15-13-25(14-16-26)17-20-9-5-8-19-7-3-4-11-22(19)20;3-1(4)2(5)6/h3-12H,13-18H2,1-2H3;(H,3,4)(H,5,6). The summed E-state index contributed by atoms with van der Waals surface area (Å²) in [5, 5.41) is 17.5. The molecular formula is C26H30N2O6. The molecule has 0 spiro atoms. The van der Waals surface area contributed by atoms with Crippen molar-refractivity contribution < 1.29 is 29.3 Å². The molecule has 0 saturated carbocycles. The Morgan fingerprint density at radius 2 is 1.26 bits per heavy atom. The molecule has 0 atom stereocenters. The molecule has 0 unspecified atom stereocenters. The second kappa shape index (κ2) is 12.0. The van der Waals surface area contributed by atoms with Crippen molar-refractivity contribution in [3.8, 4) is 11.5 Å². The maximum absolute atomic E-state index is 9.10. The fourth-order valence-corrected chi connectivity index (χ4v) is 4.10. The third-order valence-corrected chi connectivity index (χ3v) is 5.80. The quantitative estimate of drug-likeness (QED) is 0.534. The molecule has 1 fully saturated rings. The van der Waals surface area contributed by atoms with E-state index in [2.05, 4.69) is 58.3 Å². The summed E-state index contributed by atoms with van der Waals surface area (Å²) >= 11 is 0. The zero-order chi connectivity index (χ0) is 24.5. The largest absolute Gasteiger partial charge is 0.493 e. The van der Waals surface area contributed by atoms with Gasteiger partial charge in [-0.2, -0.15) is 0 Å². The van der Waals surface area contributed by atoms with E-state index in [1.807, 2.05) is 12.1 Å². The zero-order valence-corrected chi connectivity index (χ0v) is 19.4. The minimum absolute atomic E-state index is 0.801. The molecule has 180 valence electrons. The van der Waals surface area contributed by atoms with E-state index in [9.17, 15) is 0 Å². The molecule has 1 heterocycles. The van der Waals surface area contributed by atoms with Crippen LogP contribution in [0.15, 0.2) is 60.7 Å². The van der Waals surface area contributed by atoms with Crippen LogP contribution in [0.1, 0.15) is 11.1 Å². The maximum Gasteiger partial charge on any atom is 0.414 e. The van der Waals surface area contributed by atoms with Gasteiger partial charge in [0.2, 0.25) is 0 Å². The Morgan fingerprint density at radius 1 is 0.735 bits per heavy atom. The first-order valence-corrected chi connectivity index (χ1v) is 11.0. The highest BCUT2D eigenvalue weighted by molar-refractivity contribution is 6.27. The number of hydrogen-bond donors (Lipinski definition) is 2. The van der Waals surface area contributed by atoms with E-state index in [0.717, 1.165) is 50.8 Å². The number of ether oxygens (including phenoxy) is 2. The lowest BCUT2D eigenvalue weighted by Gasteiger charge is -2.35. The van der Waals surface area contributed by atoms with Gasteiger partial charge >= 0.3 is 11.9 Å². The fraction of sp³-hybridized carbons (Fsp3) is 0.308. The van der Waals surface area contributed by atoms with Crippen molar-refractivity contribution in [2.75, 3.05) is 40.4 Å². The van der Waals surface area contributed by atoms with E-state index >= 15 is 0 Å². The van der Waals surface area contributed by atoms with Gasteiger partial charge in [-0.05, 0) is 22.4 Å². The van der Waals surface area contributed by atoms with Gasteiger partial charge in [0.15, 0.2) is 11.5 Å². The molecule has 3 aromatic rings. The number of aliphatic carboxylic acids is 2. The van der Waals surface area contributed by atoms with Crippen molar-refractivity contribution in [2.45, 2.75) is 13.1 Å². The van der Waals surface area contributed by atoms with Crippen LogP contribution in [-0.4, -0.2) is 72.4 Å².